The number of halogens is 3. The van der Waals surface area contributed by atoms with Crippen LogP contribution in [0.4, 0.5) is 13.4 Å². The van der Waals surface area contributed by atoms with E-state index in [0.29, 0.717) is 0 Å². The van der Waals surface area contributed by atoms with Gasteiger partial charge in [0.25, 0.3) is 0 Å². The van der Waals surface area contributed by atoms with Gasteiger partial charge in [-0.25, -0.2) is 14.3 Å². The molecule has 2 nitrogen and oxygen atoms in total. The molecule has 0 aliphatic carbocycles. The molecule has 5 heteroatoms. The Morgan fingerprint density at radius 3 is 1.71 bits per heavy atom. The molecular formula is C2HF3O2. The van der Waals surface area contributed by atoms with Crippen LogP contribution in [0.5, 0.6) is 0 Å². The van der Waals surface area contributed by atoms with Crippen molar-refractivity contribution in [2.45, 2.75) is 0 Å². The predicted octanol–water partition coefficient (Wildman–Crippen LogP) is 1.56. The molecular weight excluding hydrogens is 113 g/mol. The van der Waals surface area contributed by atoms with Gasteiger partial charge in [-0.2, -0.15) is 0 Å². The Labute approximate surface area is 36.9 Å². The summed E-state index contributed by atoms with van der Waals surface area (Å²) in [4.78, 5) is 4.88. The number of hydrogen-bond donors (Lipinski definition) is 0. The summed E-state index contributed by atoms with van der Waals surface area (Å²) in [7, 11) is 0. The summed E-state index contributed by atoms with van der Waals surface area (Å²) < 4.78 is 31.7. The first kappa shape index (κ1) is 6.13. The average Bonchev–Trinajstić information content (AvgIpc) is 1.72. The molecule has 0 amide bonds. The summed E-state index contributed by atoms with van der Waals surface area (Å²) in [5.74, 6) is -1.44. The molecule has 0 atom stereocenters. The molecule has 0 spiro atoms. The summed E-state index contributed by atoms with van der Waals surface area (Å²) >= 11 is 0. The van der Waals surface area contributed by atoms with Crippen LogP contribution in [-0.4, -0.2) is 0 Å². The minimum atomic E-state index is -1.44. The molecule has 0 bridgehead atoms. The Kier molecular flexibility index (Phi) is 2.91. The molecule has 0 aromatic rings. The maximum atomic E-state index is 10.8. The summed E-state index contributed by atoms with van der Waals surface area (Å²) in [5.41, 5.74) is 0. The van der Waals surface area contributed by atoms with Crippen LogP contribution >= 0.6 is 0 Å². The van der Waals surface area contributed by atoms with E-state index < -0.39 is 12.3 Å². The SMILES string of the molecule is FC=C(OF)OF. The maximum Gasteiger partial charge on any atom is 0.393 e. The van der Waals surface area contributed by atoms with Crippen molar-refractivity contribution in [2.24, 2.45) is 0 Å². The average molecular weight is 114 g/mol. The zero-order valence-electron chi connectivity index (χ0n) is 3.03. The Bertz CT molecular complexity index is 65.3. The zero-order valence-corrected chi connectivity index (χ0v) is 3.03. The lowest BCUT2D eigenvalue weighted by molar-refractivity contribution is -0.225. The third-order valence-corrected chi connectivity index (χ3v) is 0.241. The second kappa shape index (κ2) is 3.32. The molecule has 0 rings (SSSR count). The first-order chi connectivity index (χ1) is 3.35. The van der Waals surface area contributed by atoms with E-state index in [1.165, 1.54) is 0 Å². The molecule has 0 fully saturated rings. The Morgan fingerprint density at radius 2 is 1.71 bits per heavy atom. The lowest BCUT2D eigenvalue weighted by Crippen LogP contribution is -1.78. The van der Waals surface area contributed by atoms with Crippen LogP contribution in [0.2, 0.25) is 0 Å². The smallest absolute Gasteiger partial charge is 0.248 e. The first-order valence-electron chi connectivity index (χ1n) is 1.22. The van der Waals surface area contributed by atoms with E-state index in [0.717, 1.165) is 0 Å². The fourth-order valence-electron chi connectivity index (χ4n) is 0.0456. The van der Waals surface area contributed by atoms with Gasteiger partial charge >= 0.3 is 5.95 Å². The fourth-order valence-corrected chi connectivity index (χ4v) is 0.0456. The van der Waals surface area contributed by atoms with Gasteiger partial charge in [0.1, 0.15) is 0 Å². The molecule has 0 heterocycles. The molecule has 0 unspecified atom stereocenters. The molecule has 0 aliphatic heterocycles. The van der Waals surface area contributed by atoms with Crippen LogP contribution in [0.3, 0.4) is 0 Å². The van der Waals surface area contributed by atoms with Gasteiger partial charge in [0, 0.05) is 9.05 Å². The third kappa shape index (κ3) is 1.91. The van der Waals surface area contributed by atoms with E-state index >= 15 is 0 Å². The molecule has 7 heavy (non-hydrogen) atoms. The van der Waals surface area contributed by atoms with Crippen LogP contribution in [0, 0.1) is 0 Å². The van der Waals surface area contributed by atoms with Gasteiger partial charge in [0.15, 0.2) is 6.33 Å². The molecule has 0 saturated carbocycles. The lowest BCUT2D eigenvalue weighted by Gasteiger charge is -1.85. The predicted molar refractivity (Wildman–Crippen MR) is 13.6 cm³/mol. The lowest BCUT2D eigenvalue weighted by atomic mass is 11.0. The van der Waals surface area contributed by atoms with E-state index in [2.05, 4.69) is 9.88 Å². The summed E-state index contributed by atoms with van der Waals surface area (Å²) in [6.45, 7) is 0. The summed E-state index contributed by atoms with van der Waals surface area (Å²) in [5, 5.41) is 0. The fraction of sp³-hybridized carbons (Fsp3) is 0. The van der Waals surface area contributed by atoms with Crippen LogP contribution in [0.25, 0.3) is 0 Å². The molecule has 0 N–H and O–H groups in total. The first-order valence-corrected chi connectivity index (χ1v) is 1.22. The van der Waals surface area contributed by atoms with E-state index in [-0.39, 0.29) is 0 Å². The van der Waals surface area contributed by atoms with Crippen molar-refractivity contribution < 1.29 is 23.3 Å². The summed E-state index contributed by atoms with van der Waals surface area (Å²) in [6, 6.07) is 0. The Morgan fingerprint density at radius 1 is 1.29 bits per heavy atom. The zero-order chi connectivity index (χ0) is 5.70. The van der Waals surface area contributed by atoms with Crippen molar-refractivity contribution in [3.63, 3.8) is 0 Å². The highest BCUT2D eigenvalue weighted by Gasteiger charge is 1.96. The van der Waals surface area contributed by atoms with Gasteiger partial charge in [-0.3, -0.25) is 0 Å². The minimum Gasteiger partial charge on any atom is -0.248 e. The number of rotatable bonds is 2. The third-order valence-electron chi connectivity index (χ3n) is 0.241. The molecule has 0 radical (unpaired) electrons. The minimum absolute atomic E-state index is 0.500. The highest BCUT2D eigenvalue weighted by molar-refractivity contribution is 4.68. The Hall–Kier alpha value is -0.870. The van der Waals surface area contributed by atoms with Crippen molar-refractivity contribution in [3.05, 3.63) is 12.3 Å². The largest absolute Gasteiger partial charge is 0.393 e. The van der Waals surface area contributed by atoms with Crippen molar-refractivity contribution in [1.82, 2.24) is 0 Å². The molecule has 0 aromatic carbocycles. The van der Waals surface area contributed by atoms with E-state index in [1.807, 2.05) is 0 Å². The van der Waals surface area contributed by atoms with Gasteiger partial charge in [0.2, 0.25) is 0 Å². The van der Waals surface area contributed by atoms with Gasteiger partial charge in [0.05, 0.1) is 0 Å². The maximum absolute atomic E-state index is 10.8. The number of hydrogen-bond acceptors (Lipinski definition) is 2. The van der Waals surface area contributed by atoms with Crippen molar-refractivity contribution in [2.75, 3.05) is 0 Å². The Balaban J connectivity index is 3.38. The van der Waals surface area contributed by atoms with Crippen molar-refractivity contribution in [3.8, 4) is 0 Å². The molecule has 0 aromatic heterocycles. The van der Waals surface area contributed by atoms with Gasteiger partial charge in [-0.15, -0.1) is 0 Å². The molecule has 0 aliphatic rings. The van der Waals surface area contributed by atoms with E-state index in [9.17, 15) is 13.4 Å². The topological polar surface area (TPSA) is 18.5 Å². The van der Waals surface area contributed by atoms with Crippen molar-refractivity contribution in [1.29, 1.82) is 0 Å². The molecule has 42 valence electrons. The monoisotopic (exact) mass is 114 g/mol. The molecule has 0 saturated heterocycles. The van der Waals surface area contributed by atoms with Gasteiger partial charge in [-0.05, 0) is 0 Å². The quantitative estimate of drug-likeness (QED) is 0.507. The van der Waals surface area contributed by atoms with Crippen molar-refractivity contribution >= 4 is 0 Å². The standard InChI is InChI=1S/C2HF3O2/c3-1-2(6-4)7-5/h1H. The van der Waals surface area contributed by atoms with Gasteiger partial charge < -0.3 is 0 Å². The summed E-state index contributed by atoms with van der Waals surface area (Å²) in [6.07, 6.45) is -0.500. The van der Waals surface area contributed by atoms with Crippen LogP contribution in [0.15, 0.2) is 12.3 Å². The van der Waals surface area contributed by atoms with Crippen LogP contribution in [0.1, 0.15) is 0 Å². The normalized spacial score (nSPS) is 7.29. The van der Waals surface area contributed by atoms with Gasteiger partial charge in [-0.1, -0.05) is 0 Å². The second-order valence-electron chi connectivity index (χ2n) is 0.582. The highest BCUT2D eigenvalue weighted by atomic mass is 19.3. The van der Waals surface area contributed by atoms with E-state index in [4.69, 9.17) is 0 Å². The van der Waals surface area contributed by atoms with Crippen LogP contribution in [-0.2, 0) is 9.88 Å². The van der Waals surface area contributed by atoms with Crippen LogP contribution < -0.4 is 0 Å². The second-order valence-corrected chi connectivity index (χ2v) is 0.582. The highest BCUT2D eigenvalue weighted by Crippen LogP contribution is 1.99. The van der Waals surface area contributed by atoms with E-state index in [1.54, 1.807) is 0 Å².